The van der Waals surface area contributed by atoms with Gasteiger partial charge in [-0.25, -0.2) is 9.97 Å². The Morgan fingerprint density at radius 3 is 2.56 bits per heavy atom. The third kappa shape index (κ3) is 2.02. The van der Waals surface area contributed by atoms with E-state index >= 15 is 0 Å². The van der Waals surface area contributed by atoms with E-state index in [-0.39, 0.29) is 6.04 Å². The second kappa shape index (κ2) is 4.57. The molecule has 5 nitrogen and oxygen atoms in total. The first kappa shape index (κ1) is 12.0. The molecule has 5 heteroatoms. The van der Waals surface area contributed by atoms with Crippen LogP contribution in [0.1, 0.15) is 36.1 Å². The van der Waals surface area contributed by atoms with Crippen molar-refractivity contribution in [3.8, 4) is 0 Å². The minimum Gasteiger partial charge on any atom is -0.324 e. The standard InChI is InChI=1S/C13H21N5/c1-9(14)11-7-15-13(16-10(11)2)12-8-17-3-5-18(12)6-4-17/h7,9,12H,3-6,8,14H2,1-2H3. The highest BCUT2D eigenvalue weighted by Crippen LogP contribution is 2.27. The lowest BCUT2D eigenvalue weighted by Crippen LogP contribution is -2.57. The minimum absolute atomic E-state index is 0.00548. The summed E-state index contributed by atoms with van der Waals surface area (Å²) in [4.78, 5) is 14.2. The maximum absolute atomic E-state index is 5.90. The van der Waals surface area contributed by atoms with Gasteiger partial charge in [-0.1, -0.05) is 0 Å². The first-order valence-corrected chi connectivity index (χ1v) is 6.70. The van der Waals surface area contributed by atoms with Gasteiger partial charge in [0.05, 0.1) is 6.04 Å². The number of hydrogen-bond donors (Lipinski definition) is 1. The Labute approximate surface area is 108 Å². The summed E-state index contributed by atoms with van der Waals surface area (Å²) in [7, 11) is 0. The number of aromatic nitrogens is 2. The molecular weight excluding hydrogens is 226 g/mol. The Morgan fingerprint density at radius 1 is 1.33 bits per heavy atom. The van der Waals surface area contributed by atoms with Crippen LogP contribution >= 0.6 is 0 Å². The van der Waals surface area contributed by atoms with Gasteiger partial charge >= 0.3 is 0 Å². The van der Waals surface area contributed by atoms with Gasteiger partial charge in [-0.05, 0) is 13.8 Å². The van der Waals surface area contributed by atoms with E-state index in [0.29, 0.717) is 6.04 Å². The van der Waals surface area contributed by atoms with E-state index in [0.717, 1.165) is 36.7 Å². The number of piperazine rings is 3. The first-order chi connectivity index (χ1) is 8.65. The average Bonchev–Trinajstić information content (AvgIpc) is 2.39. The largest absolute Gasteiger partial charge is 0.324 e. The molecule has 3 fully saturated rings. The fraction of sp³-hybridized carbons (Fsp3) is 0.692. The van der Waals surface area contributed by atoms with E-state index in [1.54, 1.807) is 0 Å². The summed E-state index contributed by atoms with van der Waals surface area (Å²) in [6, 6.07) is 0.374. The number of fused-ring (bicyclic) bond motifs is 3. The van der Waals surface area contributed by atoms with Crippen LogP contribution in [0.4, 0.5) is 0 Å². The third-order valence-corrected chi connectivity index (χ3v) is 4.10. The van der Waals surface area contributed by atoms with Gasteiger partial charge < -0.3 is 5.73 Å². The lowest BCUT2D eigenvalue weighted by atomic mass is 10.1. The summed E-state index contributed by atoms with van der Waals surface area (Å²) in [5.74, 6) is 0.960. The van der Waals surface area contributed by atoms with Crippen molar-refractivity contribution >= 4 is 0 Å². The van der Waals surface area contributed by atoms with E-state index in [1.807, 2.05) is 20.0 Å². The summed E-state index contributed by atoms with van der Waals surface area (Å²) in [6.45, 7) is 9.73. The van der Waals surface area contributed by atoms with E-state index < -0.39 is 0 Å². The van der Waals surface area contributed by atoms with Crippen molar-refractivity contribution in [1.29, 1.82) is 0 Å². The van der Waals surface area contributed by atoms with Crippen molar-refractivity contribution in [3.05, 3.63) is 23.3 Å². The molecule has 3 saturated heterocycles. The number of aryl methyl sites for hydroxylation is 1. The van der Waals surface area contributed by atoms with E-state index in [4.69, 9.17) is 5.73 Å². The number of hydrogen-bond acceptors (Lipinski definition) is 5. The summed E-state index contributed by atoms with van der Waals surface area (Å²) >= 11 is 0. The molecule has 2 atom stereocenters. The molecule has 0 radical (unpaired) electrons. The number of rotatable bonds is 2. The molecule has 4 heterocycles. The van der Waals surface area contributed by atoms with E-state index in [2.05, 4.69) is 19.8 Å². The lowest BCUT2D eigenvalue weighted by Gasteiger charge is -2.46. The zero-order valence-corrected chi connectivity index (χ0v) is 11.1. The van der Waals surface area contributed by atoms with Crippen LogP contribution in [0.2, 0.25) is 0 Å². The first-order valence-electron chi connectivity index (χ1n) is 6.70. The van der Waals surface area contributed by atoms with Crippen LogP contribution in [0, 0.1) is 6.92 Å². The molecular formula is C13H21N5. The van der Waals surface area contributed by atoms with Crippen LogP contribution < -0.4 is 5.73 Å². The molecule has 2 bridgehead atoms. The highest BCUT2D eigenvalue weighted by atomic mass is 15.4. The minimum atomic E-state index is 0.00548. The molecule has 1 aromatic rings. The normalized spacial score (nSPS) is 32.5. The van der Waals surface area contributed by atoms with Crippen LogP contribution in [0.25, 0.3) is 0 Å². The highest BCUT2D eigenvalue weighted by Gasteiger charge is 2.34. The Hall–Kier alpha value is -1.04. The van der Waals surface area contributed by atoms with Crippen molar-refractivity contribution < 1.29 is 0 Å². The number of nitrogens with zero attached hydrogens (tertiary/aromatic N) is 4. The Morgan fingerprint density at radius 2 is 2.06 bits per heavy atom. The van der Waals surface area contributed by atoms with Gasteiger partial charge in [-0.3, -0.25) is 9.80 Å². The maximum atomic E-state index is 5.90. The molecule has 1 aromatic heterocycles. The van der Waals surface area contributed by atoms with Crippen molar-refractivity contribution in [3.63, 3.8) is 0 Å². The Kier molecular flexibility index (Phi) is 3.05. The van der Waals surface area contributed by atoms with E-state index in [1.165, 1.54) is 13.1 Å². The van der Waals surface area contributed by atoms with Gasteiger partial charge in [0.25, 0.3) is 0 Å². The molecule has 2 N–H and O–H groups in total. The second-order valence-corrected chi connectivity index (χ2v) is 5.41. The predicted octanol–water partition coefficient (Wildman–Crippen LogP) is 0.477. The topological polar surface area (TPSA) is 58.3 Å². The number of nitrogens with two attached hydrogens (primary N) is 1. The van der Waals surface area contributed by atoms with Crippen LogP contribution in [-0.2, 0) is 0 Å². The zero-order chi connectivity index (χ0) is 12.7. The van der Waals surface area contributed by atoms with Crippen molar-refractivity contribution in [2.24, 2.45) is 5.73 Å². The molecule has 0 saturated carbocycles. The molecule has 3 aliphatic heterocycles. The summed E-state index contributed by atoms with van der Waals surface area (Å²) in [5, 5.41) is 0. The molecule has 98 valence electrons. The smallest absolute Gasteiger partial charge is 0.146 e. The van der Waals surface area contributed by atoms with Crippen LogP contribution in [0.3, 0.4) is 0 Å². The molecule has 18 heavy (non-hydrogen) atoms. The summed E-state index contributed by atoms with van der Waals surface area (Å²) in [6.07, 6.45) is 1.90. The fourth-order valence-corrected chi connectivity index (χ4v) is 2.96. The van der Waals surface area contributed by atoms with Gasteiger partial charge in [0.15, 0.2) is 0 Å². The van der Waals surface area contributed by atoms with Crippen LogP contribution in [-0.4, -0.2) is 52.5 Å². The molecule has 2 unspecified atom stereocenters. The monoisotopic (exact) mass is 247 g/mol. The predicted molar refractivity (Wildman–Crippen MR) is 70.1 cm³/mol. The second-order valence-electron chi connectivity index (χ2n) is 5.41. The Balaban J connectivity index is 1.86. The summed E-state index contributed by atoms with van der Waals surface area (Å²) < 4.78 is 0. The van der Waals surface area contributed by atoms with Gasteiger partial charge in [0, 0.05) is 56.2 Å². The van der Waals surface area contributed by atoms with Crippen molar-refractivity contribution in [1.82, 2.24) is 19.8 Å². The fourth-order valence-electron chi connectivity index (χ4n) is 2.96. The van der Waals surface area contributed by atoms with Gasteiger partial charge in [0.2, 0.25) is 0 Å². The summed E-state index contributed by atoms with van der Waals surface area (Å²) in [5.41, 5.74) is 7.98. The van der Waals surface area contributed by atoms with Crippen molar-refractivity contribution in [2.75, 3.05) is 32.7 Å². The van der Waals surface area contributed by atoms with Gasteiger partial charge in [0.1, 0.15) is 5.82 Å². The zero-order valence-electron chi connectivity index (χ0n) is 11.1. The molecule has 0 spiro atoms. The SMILES string of the molecule is Cc1nc(C2CN3CCN2CC3)ncc1C(C)N. The quantitative estimate of drug-likeness (QED) is 0.823. The van der Waals surface area contributed by atoms with Crippen LogP contribution in [0.5, 0.6) is 0 Å². The maximum Gasteiger partial charge on any atom is 0.146 e. The average molecular weight is 247 g/mol. The Bertz CT molecular complexity index is 437. The van der Waals surface area contributed by atoms with E-state index in [9.17, 15) is 0 Å². The van der Waals surface area contributed by atoms with Gasteiger partial charge in [-0.2, -0.15) is 0 Å². The molecule has 0 aromatic carbocycles. The van der Waals surface area contributed by atoms with Crippen LogP contribution in [0.15, 0.2) is 6.20 Å². The third-order valence-electron chi connectivity index (χ3n) is 4.10. The highest BCUT2D eigenvalue weighted by molar-refractivity contribution is 5.20. The molecule has 0 amide bonds. The van der Waals surface area contributed by atoms with Gasteiger partial charge in [-0.15, -0.1) is 0 Å². The molecule has 0 aliphatic carbocycles. The molecule has 3 aliphatic rings. The molecule has 4 rings (SSSR count). The lowest BCUT2D eigenvalue weighted by molar-refractivity contribution is 0.00855. The van der Waals surface area contributed by atoms with Crippen molar-refractivity contribution in [2.45, 2.75) is 25.9 Å².